The maximum Gasteiger partial charge on any atom is 0.173 e. The lowest BCUT2D eigenvalue weighted by molar-refractivity contribution is 0.298. The third-order valence-corrected chi connectivity index (χ3v) is 3.05. The van der Waals surface area contributed by atoms with Gasteiger partial charge in [-0.25, -0.2) is 8.78 Å². The minimum absolute atomic E-state index is 0.0255. The standard InChI is InChI=1S/C14H11ClF2N2O2/c15-11-5-4-9(6-12(11)16)21-7-8-2-1-3-10(13(8)17)14(18)19-20/h1-6,20H,7H2,(H2,18,19). The summed E-state index contributed by atoms with van der Waals surface area (Å²) < 4.78 is 32.7. The SMILES string of the molecule is N/C(=N/O)c1cccc(COc2ccc(Cl)c(F)c2)c1F. The van der Waals surface area contributed by atoms with Crippen LogP contribution in [-0.2, 0) is 6.61 Å². The summed E-state index contributed by atoms with van der Waals surface area (Å²) >= 11 is 5.55. The topological polar surface area (TPSA) is 67.8 Å². The molecule has 0 aromatic heterocycles. The van der Waals surface area contributed by atoms with Gasteiger partial charge in [-0.05, 0) is 18.2 Å². The molecule has 7 heteroatoms. The predicted octanol–water partition coefficient (Wildman–Crippen LogP) is 3.29. The molecule has 2 rings (SSSR count). The van der Waals surface area contributed by atoms with E-state index >= 15 is 0 Å². The molecule has 0 bridgehead atoms. The van der Waals surface area contributed by atoms with Crippen molar-refractivity contribution in [2.75, 3.05) is 0 Å². The van der Waals surface area contributed by atoms with E-state index in [9.17, 15) is 8.78 Å². The zero-order valence-electron chi connectivity index (χ0n) is 10.7. The van der Waals surface area contributed by atoms with Crippen molar-refractivity contribution < 1.29 is 18.7 Å². The number of benzene rings is 2. The van der Waals surface area contributed by atoms with Crippen LogP contribution in [0.5, 0.6) is 5.75 Å². The van der Waals surface area contributed by atoms with Crippen LogP contribution in [0.15, 0.2) is 41.6 Å². The third-order valence-electron chi connectivity index (χ3n) is 2.75. The molecule has 0 aliphatic heterocycles. The van der Waals surface area contributed by atoms with Crippen molar-refractivity contribution in [2.24, 2.45) is 10.9 Å². The van der Waals surface area contributed by atoms with E-state index in [0.29, 0.717) is 0 Å². The fourth-order valence-corrected chi connectivity index (χ4v) is 1.79. The zero-order valence-corrected chi connectivity index (χ0v) is 11.4. The molecule has 0 aliphatic rings. The molecule has 0 spiro atoms. The van der Waals surface area contributed by atoms with Crippen molar-refractivity contribution in [2.45, 2.75) is 6.61 Å². The molecule has 0 fully saturated rings. The highest BCUT2D eigenvalue weighted by Gasteiger charge is 2.12. The van der Waals surface area contributed by atoms with Gasteiger partial charge in [0.25, 0.3) is 0 Å². The largest absolute Gasteiger partial charge is 0.489 e. The van der Waals surface area contributed by atoms with Gasteiger partial charge in [-0.2, -0.15) is 0 Å². The lowest BCUT2D eigenvalue weighted by atomic mass is 10.1. The molecule has 2 aromatic carbocycles. The van der Waals surface area contributed by atoms with Crippen LogP contribution in [0.25, 0.3) is 0 Å². The van der Waals surface area contributed by atoms with Crippen LogP contribution in [0.2, 0.25) is 5.02 Å². The van der Waals surface area contributed by atoms with Crippen molar-refractivity contribution in [3.8, 4) is 5.75 Å². The molecule has 3 N–H and O–H groups in total. The summed E-state index contributed by atoms with van der Waals surface area (Å²) in [5, 5.41) is 11.3. The Morgan fingerprint density at radius 3 is 2.71 bits per heavy atom. The quantitative estimate of drug-likeness (QED) is 0.394. The molecular formula is C14H11ClF2N2O2. The minimum Gasteiger partial charge on any atom is -0.489 e. The summed E-state index contributed by atoms with van der Waals surface area (Å²) in [6.07, 6.45) is 0. The van der Waals surface area contributed by atoms with Crippen LogP contribution in [0.4, 0.5) is 8.78 Å². The highest BCUT2D eigenvalue weighted by atomic mass is 35.5. The Morgan fingerprint density at radius 1 is 1.29 bits per heavy atom. The van der Waals surface area contributed by atoms with Gasteiger partial charge < -0.3 is 15.7 Å². The Hall–Kier alpha value is -2.34. The van der Waals surface area contributed by atoms with E-state index in [1.807, 2.05) is 0 Å². The molecule has 2 aromatic rings. The summed E-state index contributed by atoms with van der Waals surface area (Å²) in [5.74, 6) is -1.42. The molecular weight excluding hydrogens is 302 g/mol. The highest BCUT2D eigenvalue weighted by Crippen LogP contribution is 2.22. The van der Waals surface area contributed by atoms with Crippen LogP contribution in [0.1, 0.15) is 11.1 Å². The molecule has 110 valence electrons. The van der Waals surface area contributed by atoms with E-state index in [-0.39, 0.29) is 34.3 Å². The van der Waals surface area contributed by atoms with Gasteiger partial charge in [0.05, 0.1) is 10.6 Å². The highest BCUT2D eigenvalue weighted by molar-refractivity contribution is 6.30. The van der Waals surface area contributed by atoms with E-state index in [0.717, 1.165) is 6.07 Å². The Morgan fingerprint density at radius 2 is 2.05 bits per heavy atom. The lowest BCUT2D eigenvalue weighted by Gasteiger charge is -2.09. The fraction of sp³-hybridized carbons (Fsp3) is 0.0714. The van der Waals surface area contributed by atoms with Gasteiger partial charge in [0.2, 0.25) is 0 Å². The molecule has 0 aliphatic carbocycles. The van der Waals surface area contributed by atoms with Gasteiger partial charge in [-0.1, -0.05) is 28.9 Å². The number of ether oxygens (including phenoxy) is 1. The molecule has 4 nitrogen and oxygen atoms in total. The number of hydrogen-bond donors (Lipinski definition) is 2. The normalized spacial score (nSPS) is 11.5. The summed E-state index contributed by atoms with van der Waals surface area (Å²) in [6, 6.07) is 8.31. The van der Waals surface area contributed by atoms with Crippen LogP contribution >= 0.6 is 11.6 Å². The predicted molar refractivity (Wildman–Crippen MR) is 74.7 cm³/mol. The van der Waals surface area contributed by atoms with Gasteiger partial charge in [0.1, 0.15) is 24.0 Å². The Kier molecular flexibility index (Phi) is 4.59. The van der Waals surface area contributed by atoms with Crippen molar-refractivity contribution in [3.63, 3.8) is 0 Å². The first-order valence-corrected chi connectivity index (χ1v) is 6.24. The fourth-order valence-electron chi connectivity index (χ4n) is 1.67. The van der Waals surface area contributed by atoms with Crippen LogP contribution in [-0.4, -0.2) is 11.0 Å². The van der Waals surface area contributed by atoms with Crippen LogP contribution < -0.4 is 10.5 Å². The number of rotatable bonds is 4. The third kappa shape index (κ3) is 3.41. The number of nitrogens with two attached hydrogens (primary N) is 1. The first-order chi connectivity index (χ1) is 10.0. The molecule has 0 amide bonds. The maximum atomic E-state index is 14.1. The molecule has 0 saturated carbocycles. The van der Waals surface area contributed by atoms with E-state index in [4.69, 9.17) is 27.3 Å². The number of nitrogens with zero attached hydrogens (tertiary/aromatic N) is 1. The van der Waals surface area contributed by atoms with E-state index < -0.39 is 11.6 Å². The van der Waals surface area contributed by atoms with Gasteiger partial charge in [-0.3, -0.25) is 0 Å². The second-order valence-electron chi connectivity index (χ2n) is 4.13. The second kappa shape index (κ2) is 6.41. The zero-order chi connectivity index (χ0) is 15.4. The first-order valence-electron chi connectivity index (χ1n) is 5.86. The lowest BCUT2D eigenvalue weighted by Crippen LogP contribution is -2.16. The molecule has 0 unspecified atom stereocenters. The molecule has 21 heavy (non-hydrogen) atoms. The van der Waals surface area contributed by atoms with Crippen molar-refractivity contribution in [3.05, 3.63) is 64.2 Å². The van der Waals surface area contributed by atoms with Crippen molar-refractivity contribution in [1.29, 1.82) is 0 Å². The average Bonchev–Trinajstić information content (AvgIpc) is 2.49. The molecule has 0 radical (unpaired) electrons. The van der Waals surface area contributed by atoms with E-state index in [2.05, 4.69) is 5.16 Å². The maximum absolute atomic E-state index is 14.1. The molecule has 0 heterocycles. The smallest absolute Gasteiger partial charge is 0.173 e. The number of amidine groups is 1. The van der Waals surface area contributed by atoms with Gasteiger partial charge in [-0.15, -0.1) is 0 Å². The summed E-state index contributed by atoms with van der Waals surface area (Å²) in [5.41, 5.74) is 5.51. The monoisotopic (exact) mass is 312 g/mol. The number of halogens is 3. The Labute approximate surface area is 124 Å². The van der Waals surface area contributed by atoms with E-state index in [1.165, 1.54) is 30.3 Å². The minimum atomic E-state index is -0.665. The van der Waals surface area contributed by atoms with Gasteiger partial charge in [0, 0.05) is 11.6 Å². The second-order valence-corrected chi connectivity index (χ2v) is 4.54. The first kappa shape index (κ1) is 15.1. The van der Waals surface area contributed by atoms with Crippen LogP contribution in [0, 0.1) is 11.6 Å². The molecule has 0 atom stereocenters. The van der Waals surface area contributed by atoms with Crippen molar-refractivity contribution in [1.82, 2.24) is 0 Å². The van der Waals surface area contributed by atoms with Gasteiger partial charge >= 0.3 is 0 Å². The van der Waals surface area contributed by atoms with E-state index in [1.54, 1.807) is 0 Å². The van der Waals surface area contributed by atoms with Gasteiger partial charge in [0.15, 0.2) is 5.84 Å². The van der Waals surface area contributed by atoms with Crippen LogP contribution in [0.3, 0.4) is 0 Å². The summed E-state index contributed by atoms with van der Waals surface area (Å²) in [7, 11) is 0. The summed E-state index contributed by atoms with van der Waals surface area (Å²) in [6.45, 7) is -0.139. The average molecular weight is 313 g/mol. The van der Waals surface area contributed by atoms with Crippen molar-refractivity contribution >= 4 is 17.4 Å². The molecule has 0 saturated heterocycles. The Balaban J connectivity index is 2.18. The summed E-state index contributed by atoms with van der Waals surface area (Å²) in [4.78, 5) is 0. The Bertz CT molecular complexity index is 693. The number of oxime groups is 1. The number of hydrogen-bond acceptors (Lipinski definition) is 3.